The molecule has 0 spiro atoms. The Kier molecular flexibility index (Phi) is 4.41. The maximum atomic E-state index is 12.0. The minimum absolute atomic E-state index is 0.0672. The summed E-state index contributed by atoms with van der Waals surface area (Å²) in [5.74, 6) is 0.0745. The van der Waals surface area contributed by atoms with Crippen molar-refractivity contribution in [3.8, 4) is 5.75 Å². The monoisotopic (exact) mass is 302 g/mol. The molecule has 0 bridgehead atoms. The Balaban J connectivity index is 1.81. The van der Waals surface area contributed by atoms with E-state index in [-0.39, 0.29) is 11.7 Å². The first-order valence-electron chi connectivity index (χ1n) is 6.61. The van der Waals surface area contributed by atoms with Gasteiger partial charge in [0.05, 0.1) is 5.41 Å². The lowest BCUT2D eigenvalue weighted by atomic mass is 10.1. The van der Waals surface area contributed by atoms with Crippen molar-refractivity contribution < 1.29 is 22.7 Å². The highest BCUT2D eigenvalue weighted by molar-refractivity contribution is 5.85. The molecule has 1 aliphatic carbocycles. The molecule has 21 heavy (non-hydrogen) atoms. The zero-order valence-electron chi connectivity index (χ0n) is 11.4. The minimum atomic E-state index is -4.35. The number of halogens is 3. The van der Waals surface area contributed by atoms with Crippen LogP contribution in [0.3, 0.4) is 0 Å². The van der Waals surface area contributed by atoms with Crippen LogP contribution in [0, 0.1) is 5.41 Å². The minimum Gasteiger partial charge on any atom is -0.484 e. The van der Waals surface area contributed by atoms with Crippen molar-refractivity contribution in [2.45, 2.75) is 25.6 Å². The molecule has 1 fully saturated rings. The standard InChI is InChI=1S/C14H17F3N2O2/c15-14(16,17)9-21-11-3-1-10(2-4-11)7-19-12(20)13(8-18)5-6-13/h1-4H,5-9,18H2,(H,19,20). The second kappa shape index (κ2) is 5.93. The van der Waals surface area contributed by atoms with Crippen molar-refractivity contribution >= 4 is 5.91 Å². The quantitative estimate of drug-likeness (QED) is 0.844. The Hall–Kier alpha value is -1.76. The topological polar surface area (TPSA) is 64.4 Å². The molecule has 0 atom stereocenters. The van der Waals surface area contributed by atoms with Gasteiger partial charge in [-0.15, -0.1) is 0 Å². The number of carbonyl (C=O) groups is 1. The number of alkyl halides is 3. The number of carbonyl (C=O) groups excluding carboxylic acids is 1. The molecule has 2 rings (SSSR count). The van der Waals surface area contributed by atoms with E-state index in [1.165, 1.54) is 12.1 Å². The molecule has 4 nitrogen and oxygen atoms in total. The Morgan fingerprint density at radius 3 is 2.38 bits per heavy atom. The second-order valence-corrected chi connectivity index (χ2v) is 5.21. The Morgan fingerprint density at radius 2 is 1.90 bits per heavy atom. The number of nitrogens with one attached hydrogen (secondary N) is 1. The van der Waals surface area contributed by atoms with Crippen LogP contribution in [-0.4, -0.2) is 25.2 Å². The molecule has 0 radical (unpaired) electrons. The molecule has 116 valence electrons. The van der Waals surface area contributed by atoms with Crippen LogP contribution in [0.25, 0.3) is 0 Å². The molecule has 3 N–H and O–H groups in total. The van der Waals surface area contributed by atoms with E-state index in [2.05, 4.69) is 10.1 Å². The Bertz CT molecular complexity index is 496. The summed E-state index contributed by atoms with van der Waals surface area (Å²) < 4.78 is 40.6. The molecule has 0 aliphatic heterocycles. The van der Waals surface area contributed by atoms with Gasteiger partial charge < -0.3 is 15.8 Å². The molecule has 7 heteroatoms. The van der Waals surface area contributed by atoms with Gasteiger partial charge in [-0.2, -0.15) is 13.2 Å². The third kappa shape index (κ3) is 4.35. The van der Waals surface area contributed by atoms with E-state index in [0.717, 1.165) is 18.4 Å². The second-order valence-electron chi connectivity index (χ2n) is 5.21. The van der Waals surface area contributed by atoms with Gasteiger partial charge in [-0.25, -0.2) is 0 Å². The molecule has 1 aromatic rings. The van der Waals surface area contributed by atoms with Crippen molar-refractivity contribution in [3.63, 3.8) is 0 Å². The third-order valence-corrected chi connectivity index (χ3v) is 3.50. The summed E-state index contributed by atoms with van der Waals surface area (Å²) in [6.45, 7) is -0.661. The van der Waals surface area contributed by atoms with E-state index in [0.29, 0.717) is 13.1 Å². The smallest absolute Gasteiger partial charge is 0.422 e. The molecule has 0 aromatic heterocycles. The van der Waals surface area contributed by atoms with Gasteiger partial charge in [0, 0.05) is 13.1 Å². The maximum absolute atomic E-state index is 12.0. The highest BCUT2D eigenvalue weighted by Crippen LogP contribution is 2.44. The van der Waals surface area contributed by atoms with Crippen LogP contribution >= 0.6 is 0 Å². The zero-order chi connectivity index (χ0) is 15.5. The van der Waals surface area contributed by atoms with Crippen LogP contribution < -0.4 is 15.8 Å². The van der Waals surface area contributed by atoms with Crippen LogP contribution in [0.1, 0.15) is 18.4 Å². The number of amides is 1. The summed E-state index contributed by atoms with van der Waals surface area (Å²) in [7, 11) is 0. The maximum Gasteiger partial charge on any atom is 0.422 e. The van der Waals surface area contributed by atoms with Crippen LogP contribution in [-0.2, 0) is 11.3 Å². The summed E-state index contributed by atoms with van der Waals surface area (Å²) in [5, 5.41) is 2.79. The summed E-state index contributed by atoms with van der Waals surface area (Å²) in [6.07, 6.45) is -2.74. The third-order valence-electron chi connectivity index (χ3n) is 3.50. The SMILES string of the molecule is NCC1(C(=O)NCc2ccc(OCC(F)(F)F)cc2)CC1. The fraction of sp³-hybridized carbons (Fsp3) is 0.500. The Labute approximate surface area is 120 Å². The van der Waals surface area contributed by atoms with Crippen molar-refractivity contribution in [2.75, 3.05) is 13.2 Å². The molecular weight excluding hydrogens is 285 g/mol. The van der Waals surface area contributed by atoms with E-state index in [1.54, 1.807) is 12.1 Å². The average molecular weight is 302 g/mol. The molecule has 1 saturated carbocycles. The number of hydrogen-bond donors (Lipinski definition) is 2. The largest absolute Gasteiger partial charge is 0.484 e. The van der Waals surface area contributed by atoms with E-state index in [4.69, 9.17) is 5.73 Å². The number of hydrogen-bond acceptors (Lipinski definition) is 3. The fourth-order valence-electron chi connectivity index (χ4n) is 1.91. The molecule has 1 aliphatic rings. The summed E-state index contributed by atoms with van der Waals surface area (Å²) in [5.41, 5.74) is 5.94. The lowest BCUT2D eigenvalue weighted by Crippen LogP contribution is -2.36. The van der Waals surface area contributed by atoms with E-state index < -0.39 is 18.2 Å². The van der Waals surface area contributed by atoms with Gasteiger partial charge in [-0.3, -0.25) is 4.79 Å². The van der Waals surface area contributed by atoms with Crippen LogP contribution in [0.15, 0.2) is 24.3 Å². The average Bonchev–Trinajstić information content (AvgIpc) is 3.24. The number of benzene rings is 1. The van der Waals surface area contributed by atoms with Crippen LogP contribution in [0.5, 0.6) is 5.75 Å². The first-order chi connectivity index (χ1) is 9.85. The molecule has 0 unspecified atom stereocenters. The van der Waals surface area contributed by atoms with Gasteiger partial charge in [0.25, 0.3) is 0 Å². The van der Waals surface area contributed by atoms with E-state index in [9.17, 15) is 18.0 Å². The van der Waals surface area contributed by atoms with Crippen LogP contribution in [0.2, 0.25) is 0 Å². The lowest BCUT2D eigenvalue weighted by Gasteiger charge is -2.13. The predicted molar refractivity (Wildman–Crippen MR) is 70.6 cm³/mol. The number of ether oxygens (including phenoxy) is 1. The van der Waals surface area contributed by atoms with Crippen molar-refractivity contribution in [2.24, 2.45) is 11.1 Å². The normalized spacial score (nSPS) is 16.4. The summed E-state index contributed by atoms with van der Waals surface area (Å²) in [6, 6.07) is 6.13. The van der Waals surface area contributed by atoms with Gasteiger partial charge >= 0.3 is 6.18 Å². The van der Waals surface area contributed by atoms with Crippen molar-refractivity contribution in [1.82, 2.24) is 5.32 Å². The van der Waals surface area contributed by atoms with E-state index in [1.807, 2.05) is 0 Å². The fourth-order valence-corrected chi connectivity index (χ4v) is 1.91. The van der Waals surface area contributed by atoms with Crippen LogP contribution in [0.4, 0.5) is 13.2 Å². The van der Waals surface area contributed by atoms with Gasteiger partial charge in [-0.05, 0) is 30.5 Å². The highest BCUT2D eigenvalue weighted by atomic mass is 19.4. The van der Waals surface area contributed by atoms with Gasteiger partial charge in [0.1, 0.15) is 5.75 Å². The first kappa shape index (κ1) is 15.6. The molecule has 0 saturated heterocycles. The van der Waals surface area contributed by atoms with Gasteiger partial charge in [0.2, 0.25) is 5.91 Å². The van der Waals surface area contributed by atoms with Gasteiger partial charge in [0.15, 0.2) is 6.61 Å². The molecule has 1 amide bonds. The molecule has 0 heterocycles. The predicted octanol–water partition coefficient (Wildman–Crippen LogP) is 1.98. The summed E-state index contributed by atoms with van der Waals surface area (Å²) >= 11 is 0. The molecular formula is C14H17F3N2O2. The number of nitrogens with two attached hydrogens (primary N) is 1. The lowest BCUT2D eigenvalue weighted by molar-refractivity contribution is -0.153. The summed E-state index contributed by atoms with van der Waals surface area (Å²) in [4.78, 5) is 11.9. The first-order valence-corrected chi connectivity index (χ1v) is 6.61. The van der Waals surface area contributed by atoms with Crippen molar-refractivity contribution in [1.29, 1.82) is 0 Å². The number of rotatable bonds is 6. The van der Waals surface area contributed by atoms with Crippen molar-refractivity contribution in [3.05, 3.63) is 29.8 Å². The molecule has 1 aromatic carbocycles. The zero-order valence-corrected chi connectivity index (χ0v) is 11.4. The van der Waals surface area contributed by atoms with E-state index >= 15 is 0 Å². The highest BCUT2D eigenvalue weighted by Gasteiger charge is 2.48. The Morgan fingerprint density at radius 1 is 1.29 bits per heavy atom. The van der Waals surface area contributed by atoms with Gasteiger partial charge in [-0.1, -0.05) is 12.1 Å².